The highest BCUT2D eigenvalue weighted by molar-refractivity contribution is 6.30. The van der Waals surface area contributed by atoms with Crippen LogP contribution in [-0.2, 0) is 0 Å². The van der Waals surface area contributed by atoms with Gasteiger partial charge in [-0.3, -0.25) is 0 Å². The topological polar surface area (TPSA) is 30.7 Å². The second-order valence-electron chi connectivity index (χ2n) is 18.4. The van der Waals surface area contributed by atoms with Crippen LogP contribution in [0.1, 0.15) is 0 Å². The van der Waals surface area contributed by atoms with Crippen LogP contribution in [0.3, 0.4) is 0 Å². The first-order valence-corrected chi connectivity index (χ1v) is 24.3. The van der Waals surface area contributed by atoms with Crippen LogP contribution in [0, 0.1) is 0 Å². The molecule has 0 fully saturated rings. The molecule has 0 saturated heterocycles. The standard InChI is InChI=1S/C68H43N3/c1-4-17-44(18-5-1)47-31-33-49(34-32-47)53-28-16-29-58-56(53)36-40-64-66(58)65-54-24-11-10-23-48(54)35-38-63(65)71(64)62-39-37-59(55-25-12-13-26-57(55)62)68-69-61-30-15-14-27-60(61)67(70-68)52-42-50(45-19-6-2-7-20-45)41-51(43-52)46-21-8-3-9-22-46/h1-43H. The molecular formula is C68H43N3. The van der Waals surface area contributed by atoms with Crippen molar-refractivity contribution in [1.29, 1.82) is 0 Å². The lowest BCUT2D eigenvalue weighted by Gasteiger charge is -2.16. The lowest BCUT2D eigenvalue weighted by Crippen LogP contribution is -1.99. The summed E-state index contributed by atoms with van der Waals surface area (Å²) in [6.07, 6.45) is 0. The first kappa shape index (κ1) is 40.6. The quantitative estimate of drug-likeness (QED) is 0.160. The van der Waals surface area contributed by atoms with Crippen molar-refractivity contribution in [3.8, 4) is 72.8 Å². The molecule has 0 N–H and O–H groups in total. The fraction of sp³-hybridized carbons (Fsp3) is 0. The van der Waals surface area contributed by atoms with E-state index in [0.717, 1.165) is 72.0 Å². The smallest absolute Gasteiger partial charge is 0.161 e. The van der Waals surface area contributed by atoms with Crippen molar-refractivity contribution >= 4 is 65.0 Å². The fourth-order valence-electron chi connectivity index (χ4n) is 11.1. The molecule has 3 nitrogen and oxygen atoms in total. The third-order valence-electron chi connectivity index (χ3n) is 14.4. The van der Waals surface area contributed by atoms with Crippen LogP contribution in [0.25, 0.3) is 138 Å². The molecule has 3 heteroatoms. The van der Waals surface area contributed by atoms with Gasteiger partial charge in [-0.25, -0.2) is 9.97 Å². The first-order valence-electron chi connectivity index (χ1n) is 24.3. The minimum absolute atomic E-state index is 0.691. The molecule has 14 rings (SSSR count). The van der Waals surface area contributed by atoms with Gasteiger partial charge in [0.25, 0.3) is 0 Å². The van der Waals surface area contributed by atoms with Crippen LogP contribution in [-0.4, -0.2) is 14.5 Å². The summed E-state index contributed by atoms with van der Waals surface area (Å²) in [6.45, 7) is 0. The van der Waals surface area contributed by atoms with E-state index in [-0.39, 0.29) is 0 Å². The van der Waals surface area contributed by atoms with Crippen molar-refractivity contribution in [3.63, 3.8) is 0 Å². The lowest BCUT2D eigenvalue weighted by molar-refractivity contribution is 1.19. The molecular weight excluding hydrogens is 859 g/mol. The number of para-hydroxylation sites is 1. The van der Waals surface area contributed by atoms with Gasteiger partial charge in [-0.1, -0.05) is 212 Å². The Labute approximate surface area is 411 Å². The summed E-state index contributed by atoms with van der Waals surface area (Å²) < 4.78 is 2.48. The van der Waals surface area contributed by atoms with Crippen molar-refractivity contribution < 1.29 is 0 Å². The predicted octanol–water partition coefficient (Wildman–Crippen LogP) is 18.2. The highest BCUT2D eigenvalue weighted by Crippen LogP contribution is 2.45. The molecule has 0 amide bonds. The Balaban J connectivity index is 0.972. The lowest BCUT2D eigenvalue weighted by atomic mass is 9.93. The molecule has 12 aromatic carbocycles. The number of aromatic nitrogens is 3. The Bertz CT molecular complexity index is 4310. The highest BCUT2D eigenvalue weighted by Gasteiger charge is 2.22. The predicted molar refractivity (Wildman–Crippen MR) is 299 cm³/mol. The minimum atomic E-state index is 0.691. The third kappa shape index (κ3) is 6.82. The van der Waals surface area contributed by atoms with E-state index in [2.05, 4.69) is 265 Å². The average molecular weight is 902 g/mol. The maximum absolute atomic E-state index is 5.56. The van der Waals surface area contributed by atoms with E-state index in [1.165, 1.54) is 60.1 Å². The number of fused-ring (bicyclic) bond motifs is 9. The number of rotatable bonds is 7. The second-order valence-corrected chi connectivity index (χ2v) is 18.4. The van der Waals surface area contributed by atoms with Gasteiger partial charge in [0, 0.05) is 32.7 Å². The zero-order valence-corrected chi connectivity index (χ0v) is 38.7. The van der Waals surface area contributed by atoms with Crippen molar-refractivity contribution in [2.75, 3.05) is 0 Å². The van der Waals surface area contributed by atoms with Crippen LogP contribution in [0.4, 0.5) is 0 Å². The zero-order chi connectivity index (χ0) is 46.8. The van der Waals surface area contributed by atoms with Crippen LogP contribution in [0.5, 0.6) is 0 Å². The molecule has 0 bridgehead atoms. The Morgan fingerprint density at radius 1 is 0.268 bits per heavy atom. The summed E-state index contributed by atoms with van der Waals surface area (Å²) in [7, 11) is 0. The van der Waals surface area contributed by atoms with Gasteiger partial charge in [0.1, 0.15) is 0 Å². The maximum Gasteiger partial charge on any atom is 0.161 e. The molecule has 0 aliphatic carbocycles. The van der Waals surface area contributed by atoms with E-state index in [9.17, 15) is 0 Å². The van der Waals surface area contributed by atoms with E-state index in [0.29, 0.717) is 5.82 Å². The molecule has 0 aliphatic rings. The summed E-state index contributed by atoms with van der Waals surface area (Å²) in [5.74, 6) is 0.691. The van der Waals surface area contributed by atoms with Gasteiger partial charge in [-0.2, -0.15) is 0 Å². The van der Waals surface area contributed by atoms with Crippen molar-refractivity contribution in [2.24, 2.45) is 0 Å². The Morgan fingerprint density at radius 3 is 1.48 bits per heavy atom. The van der Waals surface area contributed by atoms with Crippen LogP contribution in [0.2, 0.25) is 0 Å². The molecule has 71 heavy (non-hydrogen) atoms. The molecule has 330 valence electrons. The number of nitrogens with zero attached hydrogens (tertiary/aromatic N) is 3. The van der Waals surface area contributed by atoms with E-state index in [4.69, 9.17) is 9.97 Å². The largest absolute Gasteiger partial charge is 0.309 e. The Kier molecular flexibility index (Phi) is 9.53. The Hall–Kier alpha value is -9.44. The van der Waals surface area contributed by atoms with Gasteiger partial charge in [-0.05, 0) is 120 Å². The van der Waals surface area contributed by atoms with Crippen molar-refractivity contribution in [2.45, 2.75) is 0 Å². The molecule has 0 unspecified atom stereocenters. The average Bonchev–Trinajstić information content (AvgIpc) is 3.80. The second kappa shape index (κ2) is 16.7. The van der Waals surface area contributed by atoms with Crippen molar-refractivity contribution in [3.05, 3.63) is 261 Å². The monoisotopic (exact) mass is 901 g/mol. The van der Waals surface area contributed by atoms with Gasteiger partial charge in [0.2, 0.25) is 0 Å². The van der Waals surface area contributed by atoms with Crippen molar-refractivity contribution in [1.82, 2.24) is 14.5 Å². The highest BCUT2D eigenvalue weighted by atomic mass is 15.0. The van der Waals surface area contributed by atoms with Crippen LogP contribution >= 0.6 is 0 Å². The Morgan fingerprint density at radius 2 is 0.775 bits per heavy atom. The van der Waals surface area contributed by atoms with Gasteiger partial charge in [-0.15, -0.1) is 0 Å². The van der Waals surface area contributed by atoms with Gasteiger partial charge in [0.15, 0.2) is 5.82 Å². The molecule has 0 atom stereocenters. The molecule has 2 heterocycles. The van der Waals surface area contributed by atoms with E-state index < -0.39 is 0 Å². The fourth-order valence-corrected chi connectivity index (χ4v) is 11.1. The normalized spacial score (nSPS) is 11.7. The SMILES string of the molecule is c1ccc(-c2ccc(-c3cccc4c3ccc3c4c4c5ccccc5ccc4n3-c3ccc(-c4nc(-c5cc(-c6ccccc6)cc(-c6ccccc6)c5)c5ccccc5n4)c4ccccc34)cc2)cc1. The molecule has 0 radical (unpaired) electrons. The van der Waals surface area contributed by atoms with Crippen LogP contribution < -0.4 is 0 Å². The van der Waals surface area contributed by atoms with Gasteiger partial charge >= 0.3 is 0 Å². The van der Waals surface area contributed by atoms with E-state index >= 15 is 0 Å². The van der Waals surface area contributed by atoms with E-state index in [1.54, 1.807) is 0 Å². The number of benzene rings is 12. The van der Waals surface area contributed by atoms with Gasteiger partial charge < -0.3 is 4.57 Å². The maximum atomic E-state index is 5.56. The minimum Gasteiger partial charge on any atom is -0.309 e. The molecule has 2 aromatic heterocycles. The third-order valence-corrected chi connectivity index (χ3v) is 14.4. The number of hydrogen-bond acceptors (Lipinski definition) is 2. The van der Waals surface area contributed by atoms with E-state index in [1.807, 2.05) is 0 Å². The van der Waals surface area contributed by atoms with Crippen LogP contribution in [0.15, 0.2) is 261 Å². The summed E-state index contributed by atoms with van der Waals surface area (Å²) in [6, 6.07) is 94.2. The molecule has 14 aromatic rings. The molecule has 0 spiro atoms. The summed E-state index contributed by atoms with van der Waals surface area (Å²) in [4.78, 5) is 10.9. The summed E-state index contributed by atoms with van der Waals surface area (Å²) in [5.41, 5.74) is 16.7. The summed E-state index contributed by atoms with van der Waals surface area (Å²) >= 11 is 0. The first-order chi connectivity index (χ1) is 35.2. The number of hydrogen-bond donors (Lipinski definition) is 0. The summed E-state index contributed by atoms with van der Waals surface area (Å²) in [5, 5.41) is 10.7. The molecule has 0 saturated carbocycles. The van der Waals surface area contributed by atoms with Gasteiger partial charge in [0.05, 0.1) is 27.9 Å². The molecule has 0 aliphatic heterocycles. The zero-order valence-electron chi connectivity index (χ0n) is 38.7.